The molecule has 0 saturated heterocycles. The monoisotopic (exact) mass is 386 g/mol. The van der Waals surface area contributed by atoms with Crippen LogP contribution in [0.5, 0.6) is 0 Å². The zero-order valence-electron chi connectivity index (χ0n) is 15.1. The Morgan fingerprint density at radius 1 is 0.828 bits per heavy atom. The molecule has 0 aliphatic carbocycles. The number of para-hydroxylation sites is 1. The molecule has 0 aliphatic rings. The van der Waals surface area contributed by atoms with E-state index in [0.717, 1.165) is 5.39 Å². The lowest BCUT2D eigenvalue weighted by Crippen LogP contribution is -2.16. The van der Waals surface area contributed by atoms with Gasteiger partial charge in [-0.1, -0.05) is 24.3 Å². The summed E-state index contributed by atoms with van der Waals surface area (Å²) < 4.78 is 13.3. The lowest BCUT2D eigenvalue weighted by Gasteiger charge is -2.09. The van der Waals surface area contributed by atoms with E-state index in [0.29, 0.717) is 16.9 Å². The summed E-state index contributed by atoms with van der Waals surface area (Å²) in [6, 6.07) is 16.2. The van der Waals surface area contributed by atoms with Crippen LogP contribution in [-0.4, -0.2) is 21.8 Å². The molecule has 6 nitrogen and oxygen atoms in total. The topological polar surface area (TPSA) is 84.0 Å². The fourth-order valence-corrected chi connectivity index (χ4v) is 2.86. The first-order valence-corrected chi connectivity index (χ1v) is 8.77. The van der Waals surface area contributed by atoms with Crippen molar-refractivity contribution in [1.82, 2.24) is 9.97 Å². The number of carbonyl (C=O) groups excluding carboxylic acids is 2. The standard InChI is InChI=1S/C22H15FN4O2/c23-17-6-2-7-18(11-17)26-21(28)15-10-16(13-24-12-15)22(29)27-19-8-1-4-14-5-3-9-25-20(14)19/h1-13H,(H,26,28)(H,27,29). The highest BCUT2D eigenvalue weighted by molar-refractivity contribution is 6.10. The van der Waals surface area contributed by atoms with E-state index >= 15 is 0 Å². The molecule has 0 bridgehead atoms. The molecule has 7 heteroatoms. The van der Waals surface area contributed by atoms with Gasteiger partial charge in [-0.2, -0.15) is 0 Å². The highest BCUT2D eigenvalue weighted by Gasteiger charge is 2.13. The second-order valence-electron chi connectivity index (χ2n) is 6.26. The van der Waals surface area contributed by atoms with Gasteiger partial charge >= 0.3 is 0 Å². The molecule has 29 heavy (non-hydrogen) atoms. The molecule has 0 aliphatic heterocycles. The lowest BCUT2D eigenvalue weighted by atomic mass is 10.1. The maximum absolute atomic E-state index is 13.3. The zero-order valence-corrected chi connectivity index (χ0v) is 15.1. The van der Waals surface area contributed by atoms with Crippen molar-refractivity contribution in [2.45, 2.75) is 0 Å². The largest absolute Gasteiger partial charge is 0.322 e. The minimum absolute atomic E-state index is 0.179. The number of hydrogen-bond acceptors (Lipinski definition) is 4. The van der Waals surface area contributed by atoms with Crippen LogP contribution >= 0.6 is 0 Å². The average Bonchev–Trinajstić information content (AvgIpc) is 2.74. The number of carbonyl (C=O) groups is 2. The summed E-state index contributed by atoms with van der Waals surface area (Å²) in [4.78, 5) is 33.4. The Labute approximate surface area is 165 Å². The number of anilines is 2. The molecule has 4 rings (SSSR count). The van der Waals surface area contributed by atoms with Gasteiger partial charge in [-0.05, 0) is 36.4 Å². The molecule has 2 amide bonds. The summed E-state index contributed by atoms with van der Waals surface area (Å²) in [5.41, 5.74) is 1.92. The molecular weight excluding hydrogens is 371 g/mol. The van der Waals surface area contributed by atoms with Crippen LogP contribution in [0.2, 0.25) is 0 Å². The molecule has 4 aromatic rings. The first kappa shape index (κ1) is 18.2. The number of fused-ring (bicyclic) bond motifs is 1. The van der Waals surface area contributed by atoms with E-state index in [1.165, 1.54) is 36.7 Å². The van der Waals surface area contributed by atoms with E-state index in [4.69, 9.17) is 0 Å². The van der Waals surface area contributed by atoms with Crippen molar-refractivity contribution in [2.75, 3.05) is 10.6 Å². The van der Waals surface area contributed by atoms with Crippen LogP contribution < -0.4 is 10.6 Å². The van der Waals surface area contributed by atoms with Crippen LogP contribution in [0.4, 0.5) is 15.8 Å². The third-order valence-corrected chi connectivity index (χ3v) is 4.23. The summed E-state index contributed by atoms with van der Waals surface area (Å²) in [7, 11) is 0. The van der Waals surface area contributed by atoms with Gasteiger partial charge in [-0.25, -0.2) is 4.39 Å². The summed E-state index contributed by atoms with van der Waals surface area (Å²) >= 11 is 0. The molecule has 0 fully saturated rings. The van der Waals surface area contributed by atoms with Gasteiger partial charge in [-0.15, -0.1) is 0 Å². The van der Waals surface area contributed by atoms with E-state index in [2.05, 4.69) is 20.6 Å². The highest BCUT2D eigenvalue weighted by Crippen LogP contribution is 2.21. The maximum Gasteiger partial charge on any atom is 0.257 e. The SMILES string of the molecule is O=C(Nc1cccc(F)c1)c1cncc(C(=O)Nc2cccc3cccnc23)c1. The van der Waals surface area contributed by atoms with E-state index in [9.17, 15) is 14.0 Å². The third kappa shape index (κ3) is 4.08. The molecule has 2 aromatic heterocycles. The van der Waals surface area contributed by atoms with Crippen molar-refractivity contribution >= 4 is 34.1 Å². The van der Waals surface area contributed by atoms with Crippen molar-refractivity contribution in [3.05, 3.63) is 96.2 Å². The number of aromatic nitrogens is 2. The predicted octanol–water partition coefficient (Wildman–Crippen LogP) is 4.27. The van der Waals surface area contributed by atoms with Crippen molar-refractivity contribution in [3.63, 3.8) is 0 Å². The van der Waals surface area contributed by atoms with Crippen LogP contribution in [0.1, 0.15) is 20.7 Å². The number of pyridine rings is 2. The van der Waals surface area contributed by atoms with Crippen LogP contribution in [0.15, 0.2) is 79.3 Å². The molecule has 142 valence electrons. The summed E-state index contributed by atoms with van der Waals surface area (Å²) in [6.45, 7) is 0. The molecular formula is C22H15FN4O2. The van der Waals surface area contributed by atoms with Crippen molar-refractivity contribution < 1.29 is 14.0 Å². The molecule has 0 spiro atoms. The summed E-state index contributed by atoms with van der Waals surface area (Å²) in [5.74, 6) is -1.38. The second-order valence-corrected chi connectivity index (χ2v) is 6.26. The highest BCUT2D eigenvalue weighted by atomic mass is 19.1. The minimum Gasteiger partial charge on any atom is -0.322 e. The van der Waals surface area contributed by atoms with Crippen LogP contribution in [0, 0.1) is 5.82 Å². The molecule has 0 atom stereocenters. The molecule has 2 aromatic carbocycles. The predicted molar refractivity (Wildman–Crippen MR) is 108 cm³/mol. The number of nitrogens with one attached hydrogen (secondary N) is 2. The van der Waals surface area contributed by atoms with Gasteiger partial charge in [0.05, 0.1) is 22.3 Å². The van der Waals surface area contributed by atoms with E-state index < -0.39 is 17.6 Å². The van der Waals surface area contributed by atoms with Crippen molar-refractivity contribution in [1.29, 1.82) is 0 Å². The van der Waals surface area contributed by atoms with Crippen LogP contribution in [0.3, 0.4) is 0 Å². The fourth-order valence-electron chi connectivity index (χ4n) is 2.86. The quantitative estimate of drug-likeness (QED) is 0.549. The third-order valence-electron chi connectivity index (χ3n) is 4.23. The zero-order chi connectivity index (χ0) is 20.2. The van der Waals surface area contributed by atoms with E-state index in [1.54, 1.807) is 18.3 Å². The second kappa shape index (κ2) is 7.85. The fraction of sp³-hybridized carbons (Fsp3) is 0. The molecule has 2 N–H and O–H groups in total. The molecule has 0 unspecified atom stereocenters. The van der Waals surface area contributed by atoms with Gasteiger partial charge in [0.15, 0.2) is 0 Å². The number of amides is 2. The van der Waals surface area contributed by atoms with E-state index in [-0.39, 0.29) is 11.1 Å². The maximum atomic E-state index is 13.3. The normalized spacial score (nSPS) is 10.5. The van der Waals surface area contributed by atoms with Crippen LogP contribution in [-0.2, 0) is 0 Å². The van der Waals surface area contributed by atoms with E-state index in [1.807, 2.05) is 24.3 Å². The minimum atomic E-state index is -0.496. The van der Waals surface area contributed by atoms with Gasteiger partial charge < -0.3 is 10.6 Å². The number of rotatable bonds is 4. The smallest absolute Gasteiger partial charge is 0.257 e. The average molecular weight is 386 g/mol. The molecule has 2 heterocycles. The summed E-state index contributed by atoms with van der Waals surface area (Å²) in [5, 5.41) is 6.28. The number of benzene rings is 2. The van der Waals surface area contributed by atoms with Crippen molar-refractivity contribution in [3.8, 4) is 0 Å². The van der Waals surface area contributed by atoms with Gasteiger partial charge in [-0.3, -0.25) is 19.6 Å². The Morgan fingerprint density at radius 2 is 1.55 bits per heavy atom. The van der Waals surface area contributed by atoms with Gasteiger partial charge in [0.2, 0.25) is 0 Å². The van der Waals surface area contributed by atoms with Gasteiger partial charge in [0, 0.05) is 29.7 Å². The van der Waals surface area contributed by atoms with Gasteiger partial charge in [0.25, 0.3) is 11.8 Å². The number of halogens is 1. The van der Waals surface area contributed by atoms with Crippen LogP contribution in [0.25, 0.3) is 10.9 Å². The summed E-state index contributed by atoms with van der Waals surface area (Å²) in [6.07, 6.45) is 4.36. The van der Waals surface area contributed by atoms with Crippen molar-refractivity contribution in [2.24, 2.45) is 0 Å². The Hall–Kier alpha value is -4.13. The number of hydrogen-bond donors (Lipinski definition) is 2. The Morgan fingerprint density at radius 3 is 2.34 bits per heavy atom. The Balaban J connectivity index is 1.55. The lowest BCUT2D eigenvalue weighted by molar-refractivity contribution is 0.102. The Bertz CT molecular complexity index is 1220. The number of nitrogens with zero attached hydrogens (tertiary/aromatic N) is 2. The first-order valence-electron chi connectivity index (χ1n) is 8.77. The molecule has 0 radical (unpaired) electrons. The Kier molecular flexibility index (Phi) is 4.94. The first-order chi connectivity index (χ1) is 14.1. The van der Waals surface area contributed by atoms with Gasteiger partial charge in [0.1, 0.15) is 5.82 Å². The molecule has 0 saturated carbocycles.